The van der Waals surface area contributed by atoms with E-state index in [0.717, 1.165) is 36.6 Å². The summed E-state index contributed by atoms with van der Waals surface area (Å²) in [4.78, 5) is 2.51. The van der Waals surface area contributed by atoms with E-state index in [2.05, 4.69) is 56.5 Å². The van der Waals surface area contributed by atoms with E-state index in [9.17, 15) is 0 Å². The van der Waals surface area contributed by atoms with Gasteiger partial charge in [0.05, 0.1) is 6.54 Å². The van der Waals surface area contributed by atoms with Crippen molar-refractivity contribution in [3.8, 4) is 0 Å². The van der Waals surface area contributed by atoms with E-state index in [1.165, 1.54) is 12.0 Å². The predicted molar refractivity (Wildman–Crippen MR) is 83.4 cm³/mol. The molecule has 1 unspecified atom stereocenters. The van der Waals surface area contributed by atoms with E-state index >= 15 is 0 Å². The zero-order valence-electron chi connectivity index (χ0n) is 11.4. The smallest absolute Gasteiger partial charge is 0.169 e. The molecule has 1 aliphatic heterocycles. The molecule has 1 N–H and O–H groups in total. The zero-order valence-corrected chi connectivity index (χ0v) is 13.0. The number of hydrogen-bond acceptors (Lipinski definition) is 3. The van der Waals surface area contributed by atoms with Crippen molar-refractivity contribution >= 4 is 15.9 Å². The van der Waals surface area contributed by atoms with Gasteiger partial charge in [-0.25, -0.2) is 0 Å². The molecule has 0 saturated carbocycles. The summed E-state index contributed by atoms with van der Waals surface area (Å²) in [6.07, 6.45) is 1.20. The first-order valence-electron chi connectivity index (χ1n) is 7.03. The minimum absolute atomic E-state index is 0.558. The van der Waals surface area contributed by atoms with Gasteiger partial charge in [-0.2, -0.15) is 0 Å². The lowest BCUT2D eigenvalue weighted by molar-refractivity contribution is 0.318. The molecule has 1 atom stereocenters. The summed E-state index contributed by atoms with van der Waals surface area (Å²) in [5, 5.41) is 3.57. The molecule has 2 heterocycles. The van der Waals surface area contributed by atoms with E-state index in [4.69, 9.17) is 4.42 Å². The number of rotatable bonds is 5. The zero-order chi connectivity index (χ0) is 13.8. The number of likely N-dealkylation sites (tertiary alicyclic amines) is 1. The molecule has 1 aromatic carbocycles. The molecular weight excluding hydrogens is 316 g/mol. The second-order valence-corrected chi connectivity index (χ2v) is 6.07. The summed E-state index contributed by atoms with van der Waals surface area (Å²) in [5.74, 6) is 0.985. The monoisotopic (exact) mass is 334 g/mol. The Kier molecular flexibility index (Phi) is 4.55. The van der Waals surface area contributed by atoms with Gasteiger partial charge < -0.3 is 9.73 Å². The Morgan fingerprint density at radius 1 is 1.20 bits per heavy atom. The van der Waals surface area contributed by atoms with Crippen LogP contribution in [0, 0.1) is 0 Å². The fraction of sp³-hybridized carbons (Fsp3) is 0.375. The van der Waals surface area contributed by atoms with Crippen molar-refractivity contribution in [1.82, 2.24) is 10.2 Å². The number of furan rings is 1. The Hall–Kier alpha value is -1.10. The highest BCUT2D eigenvalue weighted by Gasteiger charge is 2.22. The molecule has 3 nitrogen and oxygen atoms in total. The van der Waals surface area contributed by atoms with Crippen LogP contribution in [0.5, 0.6) is 0 Å². The second kappa shape index (κ2) is 6.57. The molecule has 4 heteroatoms. The Balaban J connectivity index is 1.45. The minimum Gasteiger partial charge on any atom is -0.453 e. The first-order chi connectivity index (χ1) is 9.79. The van der Waals surface area contributed by atoms with Crippen LogP contribution in [-0.2, 0) is 13.1 Å². The molecule has 0 bridgehead atoms. The molecule has 2 aromatic rings. The van der Waals surface area contributed by atoms with Gasteiger partial charge in [0.1, 0.15) is 5.76 Å². The summed E-state index contributed by atoms with van der Waals surface area (Å²) >= 11 is 3.33. The third-order valence-electron chi connectivity index (χ3n) is 3.72. The van der Waals surface area contributed by atoms with Gasteiger partial charge >= 0.3 is 0 Å². The van der Waals surface area contributed by atoms with Crippen molar-refractivity contribution in [2.45, 2.75) is 25.6 Å². The highest BCUT2D eigenvalue weighted by Crippen LogP contribution is 2.16. The van der Waals surface area contributed by atoms with Crippen LogP contribution in [0.2, 0.25) is 0 Å². The maximum atomic E-state index is 5.51. The lowest BCUT2D eigenvalue weighted by Crippen LogP contribution is -2.31. The van der Waals surface area contributed by atoms with Crippen LogP contribution in [-0.4, -0.2) is 24.0 Å². The highest BCUT2D eigenvalue weighted by molar-refractivity contribution is 9.10. The van der Waals surface area contributed by atoms with Gasteiger partial charge in [-0.05, 0) is 40.0 Å². The van der Waals surface area contributed by atoms with Gasteiger partial charge in [0.25, 0.3) is 0 Å². The molecule has 0 radical (unpaired) electrons. The summed E-state index contributed by atoms with van der Waals surface area (Å²) in [7, 11) is 0. The molecule has 3 rings (SSSR count). The van der Waals surface area contributed by atoms with E-state index in [-0.39, 0.29) is 0 Å². The lowest BCUT2D eigenvalue weighted by Gasteiger charge is -2.16. The topological polar surface area (TPSA) is 28.4 Å². The van der Waals surface area contributed by atoms with Crippen LogP contribution in [0.25, 0.3) is 0 Å². The maximum absolute atomic E-state index is 5.51. The van der Waals surface area contributed by atoms with Crippen LogP contribution in [0.15, 0.2) is 51.6 Å². The normalized spacial score (nSPS) is 19.6. The Bertz CT molecular complexity index is 540. The fourth-order valence-corrected chi connectivity index (χ4v) is 3.02. The van der Waals surface area contributed by atoms with E-state index in [0.29, 0.717) is 6.04 Å². The number of nitrogens with one attached hydrogen (secondary N) is 1. The predicted octanol–water partition coefficient (Wildman–Crippen LogP) is 3.41. The first-order valence-corrected chi connectivity index (χ1v) is 7.83. The number of nitrogens with zero attached hydrogens (tertiary/aromatic N) is 1. The number of hydrogen-bond donors (Lipinski definition) is 1. The van der Waals surface area contributed by atoms with Gasteiger partial charge in [0.2, 0.25) is 0 Å². The fourth-order valence-electron chi connectivity index (χ4n) is 2.68. The van der Waals surface area contributed by atoms with Crippen molar-refractivity contribution in [3.63, 3.8) is 0 Å². The quantitative estimate of drug-likeness (QED) is 0.908. The van der Waals surface area contributed by atoms with Gasteiger partial charge in [0, 0.05) is 25.7 Å². The largest absolute Gasteiger partial charge is 0.453 e. The van der Waals surface area contributed by atoms with Crippen molar-refractivity contribution < 1.29 is 4.42 Å². The summed E-state index contributed by atoms with van der Waals surface area (Å²) in [6, 6.07) is 15.2. The summed E-state index contributed by atoms with van der Waals surface area (Å²) < 4.78 is 6.30. The van der Waals surface area contributed by atoms with Crippen molar-refractivity contribution in [2.24, 2.45) is 0 Å². The highest BCUT2D eigenvalue weighted by atomic mass is 79.9. The summed E-state index contributed by atoms with van der Waals surface area (Å²) in [5.41, 5.74) is 1.39. The van der Waals surface area contributed by atoms with Crippen molar-refractivity contribution in [3.05, 3.63) is 58.5 Å². The molecule has 1 saturated heterocycles. The average Bonchev–Trinajstić information content (AvgIpc) is 3.07. The van der Waals surface area contributed by atoms with Crippen LogP contribution < -0.4 is 5.32 Å². The summed E-state index contributed by atoms with van der Waals surface area (Å²) in [6.45, 7) is 4.12. The Morgan fingerprint density at radius 2 is 2.05 bits per heavy atom. The lowest BCUT2D eigenvalue weighted by atomic mass is 10.2. The molecule has 0 amide bonds. The maximum Gasteiger partial charge on any atom is 0.169 e. The van der Waals surface area contributed by atoms with E-state index in [1.54, 1.807) is 0 Å². The van der Waals surface area contributed by atoms with Gasteiger partial charge in [-0.15, -0.1) is 0 Å². The minimum atomic E-state index is 0.558. The number of halogens is 1. The molecule has 0 aliphatic carbocycles. The molecule has 106 valence electrons. The second-order valence-electron chi connectivity index (χ2n) is 5.29. The van der Waals surface area contributed by atoms with E-state index in [1.807, 2.05) is 12.1 Å². The Morgan fingerprint density at radius 3 is 2.80 bits per heavy atom. The first kappa shape index (κ1) is 13.9. The van der Waals surface area contributed by atoms with E-state index < -0.39 is 0 Å². The average molecular weight is 335 g/mol. The third kappa shape index (κ3) is 3.72. The van der Waals surface area contributed by atoms with Gasteiger partial charge in [-0.1, -0.05) is 30.3 Å². The third-order valence-corrected chi connectivity index (χ3v) is 4.14. The molecule has 1 aromatic heterocycles. The molecule has 20 heavy (non-hydrogen) atoms. The molecular formula is C16H19BrN2O. The molecule has 0 spiro atoms. The Labute approximate surface area is 128 Å². The van der Waals surface area contributed by atoms with Gasteiger partial charge in [0.15, 0.2) is 4.67 Å². The standard InChI is InChI=1S/C16H19BrN2O/c17-16-7-6-15(20-16)10-18-14-8-9-19(12-14)11-13-4-2-1-3-5-13/h1-7,14,18H,8-12H2. The van der Waals surface area contributed by atoms with Crippen LogP contribution in [0.4, 0.5) is 0 Å². The van der Waals surface area contributed by atoms with Crippen LogP contribution >= 0.6 is 15.9 Å². The SMILES string of the molecule is Brc1ccc(CNC2CCN(Cc3ccccc3)C2)o1. The number of benzene rings is 1. The van der Waals surface area contributed by atoms with Crippen molar-refractivity contribution in [2.75, 3.05) is 13.1 Å². The van der Waals surface area contributed by atoms with Crippen molar-refractivity contribution in [1.29, 1.82) is 0 Å². The van der Waals surface area contributed by atoms with Crippen LogP contribution in [0.1, 0.15) is 17.7 Å². The van der Waals surface area contributed by atoms with Gasteiger partial charge in [-0.3, -0.25) is 4.90 Å². The van der Waals surface area contributed by atoms with Crippen LogP contribution in [0.3, 0.4) is 0 Å². The molecule has 1 fully saturated rings. The molecule has 1 aliphatic rings.